The van der Waals surface area contributed by atoms with Crippen molar-refractivity contribution in [1.29, 1.82) is 0 Å². The Kier molecular flexibility index (Phi) is 6.46. The largest absolute Gasteiger partial charge is 0.467 e. The number of hydrogen-bond donors (Lipinski definition) is 1. The van der Waals surface area contributed by atoms with E-state index in [0.29, 0.717) is 17.0 Å². The van der Waals surface area contributed by atoms with E-state index in [0.717, 1.165) is 16.5 Å². The normalized spacial score (nSPS) is 10.6. The number of amides is 2. The Balaban J connectivity index is 1.55. The highest BCUT2D eigenvalue weighted by Crippen LogP contribution is 2.23. The Morgan fingerprint density at radius 3 is 2.63 bits per heavy atom. The first-order valence-corrected chi connectivity index (χ1v) is 9.43. The minimum Gasteiger partial charge on any atom is -0.467 e. The fourth-order valence-electron chi connectivity index (χ4n) is 3.10. The molecule has 30 heavy (non-hydrogen) atoms. The average Bonchev–Trinajstić information content (AvgIpc) is 3.24. The minimum absolute atomic E-state index is 0.160. The molecule has 156 valence electrons. The van der Waals surface area contributed by atoms with Crippen molar-refractivity contribution in [2.24, 2.45) is 0 Å². The van der Waals surface area contributed by atoms with Crippen molar-refractivity contribution < 1.29 is 23.5 Å². The van der Waals surface area contributed by atoms with Gasteiger partial charge in [-0.25, -0.2) is 4.79 Å². The lowest BCUT2D eigenvalue weighted by Gasteiger charge is -2.17. The number of pyridine rings is 1. The second kappa shape index (κ2) is 9.21. The highest BCUT2D eigenvalue weighted by atomic mass is 16.5. The molecule has 2 heterocycles. The van der Waals surface area contributed by atoms with Gasteiger partial charge in [0, 0.05) is 12.4 Å². The first-order chi connectivity index (χ1) is 14.4. The molecule has 0 aliphatic heterocycles. The molecule has 0 spiro atoms. The van der Waals surface area contributed by atoms with Crippen LogP contribution in [0, 0.1) is 13.8 Å². The van der Waals surface area contributed by atoms with Crippen LogP contribution in [0.25, 0.3) is 10.9 Å². The van der Waals surface area contributed by atoms with Crippen molar-refractivity contribution in [3.8, 4) is 0 Å². The Bertz CT molecular complexity index is 1080. The van der Waals surface area contributed by atoms with Gasteiger partial charge in [0.15, 0.2) is 6.61 Å². The van der Waals surface area contributed by atoms with E-state index in [-0.39, 0.29) is 19.0 Å². The number of fused-ring (bicyclic) bond motifs is 1. The van der Waals surface area contributed by atoms with Gasteiger partial charge in [0.25, 0.3) is 5.91 Å². The van der Waals surface area contributed by atoms with Crippen molar-refractivity contribution in [2.45, 2.75) is 20.4 Å². The van der Waals surface area contributed by atoms with Crippen molar-refractivity contribution >= 4 is 28.7 Å². The maximum Gasteiger partial charge on any atom is 0.340 e. The van der Waals surface area contributed by atoms with Gasteiger partial charge in [-0.1, -0.05) is 18.2 Å². The summed E-state index contributed by atoms with van der Waals surface area (Å²) in [4.78, 5) is 42.5. The van der Waals surface area contributed by atoms with Crippen LogP contribution >= 0.6 is 0 Å². The molecule has 2 amide bonds. The molecule has 8 nitrogen and oxygen atoms in total. The number of nitrogens with one attached hydrogen (secondary N) is 1. The van der Waals surface area contributed by atoms with Crippen LogP contribution in [0.1, 0.15) is 27.4 Å². The molecule has 0 bridgehead atoms. The van der Waals surface area contributed by atoms with Gasteiger partial charge in [-0.15, -0.1) is 0 Å². The molecule has 1 aromatic carbocycles. The van der Waals surface area contributed by atoms with Crippen molar-refractivity contribution in [3.63, 3.8) is 0 Å². The molecule has 3 rings (SSSR count). The number of hydrogen-bond acceptors (Lipinski definition) is 6. The molecule has 8 heteroatoms. The lowest BCUT2D eigenvalue weighted by molar-refractivity contribution is -0.137. The summed E-state index contributed by atoms with van der Waals surface area (Å²) in [6.07, 6.45) is 1.51. The molecule has 1 N–H and O–H groups in total. The molecular weight excluding hydrogens is 386 g/mol. The Hall–Kier alpha value is -3.68. The van der Waals surface area contributed by atoms with E-state index in [1.165, 1.54) is 18.2 Å². The zero-order valence-electron chi connectivity index (χ0n) is 17.1. The van der Waals surface area contributed by atoms with Gasteiger partial charge < -0.3 is 19.4 Å². The quantitative estimate of drug-likeness (QED) is 0.601. The standard InChI is InChI=1S/C22H23N3O5/c1-14-17-8-4-5-9-18(17)24-15(2)21(14)22(28)30-13-20(27)25(3)12-19(26)23-11-16-7-6-10-29-16/h4-10H,11-13H2,1-3H3,(H,23,26). The van der Waals surface area contributed by atoms with E-state index in [9.17, 15) is 14.4 Å². The van der Waals surface area contributed by atoms with Crippen LogP contribution in [0.4, 0.5) is 0 Å². The predicted molar refractivity (Wildman–Crippen MR) is 110 cm³/mol. The van der Waals surface area contributed by atoms with Crippen LogP contribution in [0.5, 0.6) is 0 Å². The second-order valence-corrected chi connectivity index (χ2v) is 6.90. The van der Waals surface area contributed by atoms with Crippen molar-refractivity contribution in [3.05, 3.63) is 65.2 Å². The fraction of sp³-hybridized carbons (Fsp3) is 0.273. The number of carbonyl (C=O) groups excluding carboxylic acids is 3. The Morgan fingerprint density at radius 2 is 1.90 bits per heavy atom. The van der Waals surface area contributed by atoms with Gasteiger partial charge >= 0.3 is 5.97 Å². The SMILES string of the molecule is Cc1nc2ccccc2c(C)c1C(=O)OCC(=O)N(C)CC(=O)NCc1ccco1. The lowest BCUT2D eigenvalue weighted by atomic mass is 10.0. The van der Waals surface area contributed by atoms with Crippen LogP contribution in [-0.2, 0) is 20.9 Å². The zero-order chi connectivity index (χ0) is 21.7. The zero-order valence-corrected chi connectivity index (χ0v) is 17.1. The summed E-state index contributed by atoms with van der Waals surface area (Å²) in [7, 11) is 1.47. The number of para-hydroxylation sites is 1. The van der Waals surface area contributed by atoms with E-state index < -0.39 is 18.5 Å². The third-order valence-electron chi connectivity index (χ3n) is 4.71. The fourth-order valence-corrected chi connectivity index (χ4v) is 3.10. The average molecular weight is 409 g/mol. The molecule has 0 radical (unpaired) electrons. The topological polar surface area (TPSA) is 102 Å². The maximum atomic E-state index is 12.6. The monoisotopic (exact) mass is 409 g/mol. The number of ether oxygens (including phenoxy) is 1. The molecule has 0 aliphatic rings. The Morgan fingerprint density at radius 1 is 1.13 bits per heavy atom. The van der Waals surface area contributed by atoms with E-state index >= 15 is 0 Å². The first-order valence-electron chi connectivity index (χ1n) is 9.43. The summed E-state index contributed by atoms with van der Waals surface area (Å²) in [5.41, 5.74) is 2.43. The summed E-state index contributed by atoms with van der Waals surface area (Å²) < 4.78 is 10.3. The number of aromatic nitrogens is 1. The number of furan rings is 1. The summed E-state index contributed by atoms with van der Waals surface area (Å²) >= 11 is 0. The van der Waals surface area contributed by atoms with E-state index in [4.69, 9.17) is 9.15 Å². The highest BCUT2D eigenvalue weighted by molar-refractivity contribution is 5.99. The van der Waals surface area contributed by atoms with Crippen molar-refractivity contribution in [2.75, 3.05) is 20.2 Å². The Labute approximate surface area is 173 Å². The van der Waals surface area contributed by atoms with Crippen LogP contribution in [0.2, 0.25) is 0 Å². The predicted octanol–water partition coefficient (Wildman–Crippen LogP) is 2.38. The number of nitrogens with zero attached hydrogens (tertiary/aromatic N) is 2. The number of carbonyl (C=O) groups is 3. The highest BCUT2D eigenvalue weighted by Gasteiger charge is 2.20. The smallest absolute Gasteiger partial charge is 0.340 e. The number of esters is 1. The molecule has 0 atom stereocenters. The van der Waals surface area contributed by atoms with Gasteiger partial charge in [0.1, 0.15) is 5.76 Å². The molecule has 3 aromatic rings. The lowest BCUT2D eigenvalue weighted by Crippen LogP contribution is -2.40. The molecule has 0 aliphatic carbocycles. The van der Waals surface area contributed by atoms with E-state index in [1.807, 2.05) is 31.2 Å². The van der Waals surface area contributed by atoms with Crippen LogP contribution in [0.3, 0.4) is 0 Å². The first kappa shape index (κ1) is 21.0. The number of rotatable bonds is 7. The molecule has 0 fully saturated rings. The molecule has 0 unspecified atom stereocenters. The summed E-state index contributed by atoms with van der Waals surface area (Å²) in [5.74, 6) is -0.840. The van der Waals surface area contributed by atoms with E-state index in [1.54, 1.807) is 19.1 Å². The summed E-state index contributed by atoms with van der Waals surface area (Å²) in [5, 5.41) is 3.50. The molecular formula is C22H23N3O5. The third kappa shape index (κ3) is 4.83. The van der Waals surface area contributed by atoms with Gasteiger partial charge in [-0.3, -0.25) is 14.6 Å². The summed E-state index contributed by atoms with van der Waals surface area (Å²) in [6, 6.07) is 11.0. The van der Waals surface area contributed by atoms with Crippen molar-refractivity contribution in [1.82, 2.24) is 15.2 Å². The van der Waals surface area contributed by atoms with E-state index in [2.05, 4.69) is 10.3 Å². The third-order valence-corrected chi connectivity index (χ3v) is 4.71. The minimum atomic E-state index is -0.618. The molecule has 0 saturated heterocycles. The van der Waals surface area contributed by atoms with Crippen LogP contribution in [-0.4, -0.2) is 47.9 Å². The van der Waals surface area contributed by atoms with Crippen LogP contribution < -0.4 is 5.32 Å². The van der Waals surface area contributed by atoms with Crippen LogP contribution in [0.15, 0.2) is 47.1 Å². The number of aryl methyl sites for hydroxylation is 2. The second-order valence-electron chi connectivity index (χ2n) is 6.90. The van der Waals surface area contributed by atoms with Gasteiger partial charge in [0.05, 0.1) is 36.1 Å². The number of likely N-dealkylation sites (N-methyl/N-ethyl adjacent to an activating group) is 1. The molecule has 2 aromatic heterocycles. The number of benzene rings is 1. The van der Waals surface area contributed by atoms with Gasteiger partial charge in [-0.05, 0) is 37.6 Å². The maximum absolute atomic E-state index is 12.6. The summed E-state index contributed by atoms with van der Waals surface area (Å²) in [6.45, 7) is 3.16. The van der Waals surface area contributed by atoms with Gasteiger partial charge in [0.2, 0.25) is 5.91 Å². The molecule has 0 saturated carbocycles. The van der Waals surface area contributed by atoms with Gasteiger partial charge in [-0.2, -0.15) is 0 Å².